The third kappa shape index (κ3) is 3.04. The van der Waals surface area contributed by atoms with Crippen molar-refractivity contribution in [1.29, 1.82) is 0 Å². The minimum absolute atomic E-state index is 0.00964. The van der Waals surface area contributed by atoms with Gasteiger partial charge in [0.1, 0.15) is 0 Å². The summed E-state index contributed by atoms with van der Waals surface area (Å²) in [6.45, 7) is 16.9. The van der Waals surface area contributed by atoms with Crippen molar-refractivity contribution < 1.29 is 9.22 Å². The lowest BCUT2D eigenvalue weighted by Gasteiger charge is -2.45. The molecule has 18 heavy (non-hydrogen) atoms. The van der Waals surface area contributed by atoms with Crippen molar-refractivity contribution in [2.75, 3.05) is 0 Å². The van der Waals surface area contributed by atoms with E-state index in [-0.39, 0.29) is 29.0 Å². The highest BCUT2D eigenvalue weighted by Crippen LogP contribution is 2.39. The zero-order chi connectivity index (χ0) is 14.1. The van der Waals surface area contributed by atoms with Crippen molar-refractivity contribution >= 4 is 14.2 Å². The summed E-state index contributed by atoms with van der Waals surface area (Å²) in [5.74, 6) is 0.102. The monoisotopic (exact) mass is 269 g/mol. The number of hydrogen-bond acceptors (Lipinski definition) is 2. The zero-order valence-corrected chi connectivity index (χ0v) is 13.5. The lowest BCUT2D eigenvalue weighted by molar-refractivity contribution is -0.139. The van der Waals surface area contributed by atoms with Crippen molar-refractivity contribution in [3.05, 3.63) is 12.7 Å². The van der Waals surface area contributed by atoms with Gasteiger partial charge >= 0.3 is 0 Å². The average molecular weight is 269 g/mol. The van der Waals surface area contributed by atoms with Gasteiger partial charge in [-0.25, -0.2) is 0 Å². The molecule has 104 valence electrons. The number of hydrogen-bond donors (Lipinski definition) is 1. The van der Waals surface area contributed by atoms with E-state index < -0.39 is 8.32 Å². The topological polar surface area (TPSA) is 38.3 Å². The molecular formula is C14H27NO2Si. The van der Waals surface area contributed by atoms with E-state index in [9.17, 15) is 4.79 Å². The van der Waals surface area contributed by atoms with Crippen LogP contribution >= 0.6 is 0 Å². The molecule has 1 aliphatic heterocycles. The molecule has 4 heteroatoms. The number of carbonyl (C=O) groups excluding carboxylic acids is 1. The number of β-lactam (4-membered cyclic amide) rings is 1. The van der Waals surface area contributed by atoms with Gasteiger partial charge < -0.3 is 9.74 Å². The highest BCUT2D eigenvalue weighted by atomic mass is 28.4. The van der Waals surface area contributed by atoms with Gasteiger partial charge in [0.05, 0.1) is 12.0 Å². The molecule has 0 radical (unpaired) electrons. The molecule has 1 amide bonds. The molecule has 3 atom stereocenters. The molecule has 1 heterocycles. The summed E-state index contributed by atoms with van der Waals surface area (Å²) in [7, 11) is -1.80. The predicted molar refractivity (Wildman–Crippen MR) is 78.0 cm³/mol. The highest BCUT2D eigenvalue weighted by molar-refractivity contribution is 6.74. The molecule has 3 nitrogen and oxygen atoms in total. The van der Waals surface area contributed by atoms with Crippen LogP contribution in [-0.4, -0.2) is 26.4 Å². The fourth-order valence-electron chi connectivity index (χ4n) is 2.10. The van der Waals surface area contributed by atoms with E-state index in [1.165, 1.54) is 0 Å². The number of rotatable bonds is 5. The van der Waals surface area contributed by atoms with Crippen molar-refractivity contribution in [2.24, 2.45) is 5.92 Å². The smallest absolute Gasteiger partial charge is 0.228 e. The second-order valence-corrected chi connectivity index (χ2v) is 11.5. The molecular weight excluding hydrogens is 242 g/mol. The predicted octanol–water partition coefficient (Wildman–Crippen LogP) is 3.09. The van der Waals surface area contributed by atoms with Crippen LogP contribution in [-0.2, 0) is 9.22 Å². The van der Waals surface area contributed by atoms with E-state index in [1.54, 1.807) is 0 Å². The van der Waals surface area contributed by atoms with Crippen LogP contribution in [0, 0.1) is 5.92 Å². The lowest BCUT2D eigenvalue weighted by Crippen LogP contribution is -2.63. The third-order valence-corrected chi connectivity index (χ3v) is 8.85. The number of nitrogens with one attached hydrogen (secondary N) is 1. The van der Waals surface area contributed by atoms with E-state index >= 15 is 0 Å². The normalized spacial score (nSPS) is 26.2. The summed E-state index contributed by atoms with van der Waals surface area (Å²) in [4.78, 5) is 11.7. The van der Waals surface area contributed by atoms with Crippen LogP contribution in [0.5, 0.6) is 0 Å². The molecule has 0 saturated carbocycles. The first kappa shape index (κ1) is 15.4. The first-order valence-corrected chi connectivity index (χ1v) is 9.60. The van der Waals surface area contributed by atoms with Gasteiger partial charge in [0.15, 0.2) is 8.32 Å². The van der Waals surface area contributed by atoms with Gasteiger partial charge in [0.2, 0.25) is 5.91 Å². The van der Waals surface area contributed by atoms with E-state index in [4.69, 9.17) is 4.43 Å². The molecule has 1 N–H and O–H groups in total. The Labute approximate surface area is 112 Å². The van der Waals surface area contributed by atoms with Gasteiger partial charge in [-0.15, -0.1) is 6.58 Å². The molecule has 3 unspecified atom stereocenters. The number of amides is 1. The first-order valence-electron chi connectivity index (χ1n) is 6.69. The minimum Gasteiger partial charge on any atom is -0.413 e. The van der Waals surface area contributed by atoms with Crippen LogP contribution in [0.1, 0.15) is 34.1 Å². The second-order valence-electron chi connectivity index (χ2n) is 6.75. The Hall–Kier alpha value is -0.613. The molecule has 1 saturated heterocycles. The van der Waals surface area contributed by atoms with Gasteiger partial charge in [0.25, 0.3) is 0 Å². The van der Waals surface area contributed by atoms with Crippen LogP contribution in [0.3, 0.4) is 0 Å². The molecule has 0 bridgehead atoms. The molecule has 1 fully saturated rings. The summed E-state index contributed by atoms with van der Waals surface area (Å²) in [6, 6.07) is 0.203. The standard InChI is InChI=1S/C14H27NO2Si/c1-8-9-11-12(13(16)15-11)10(2)17-18(6,7)14(3,4)5/h8,10-12H,1,9H2,2-7H3,(H,15,16). The van der Waals surface area contributed by atoms with Crippen LogP contribution in [0.15, 0.2) is 12.7 Å². The Bertz CT molecular complexity index is 331. The number of carbonyl (C=O) groups is 1. The Balaban J connectivity index is 2.68. The van der Waals surface area contributed by atoms with Crippen molar-refractivity contribution in [1.82, 2.24) is 5.32 Å². The third-order valence-electron chi connectivity index (χ3n) is 4.28. The second kappa shape index (κ2) is 5.17. The van der Waals surface area contributed by atoms with E-state index in [0.29, 0.717) is 0 Å². The largest absolute Gasteiger partial charge is 0.413 e. The molecule has 0 aromatic heterocycles. The Kier molecular flexibility index (Phi) is 4.44. The Morgan fingerprint density at radius 2 is 2.06 bits per heavy atom. The van der Waals surface area contributed by atoms with Gasteiger partial charge in [0, 0.05) is 6.04 Å². The summed E-state index contributed by atoms with van der Waals surface area (Å²) >= 11 is 0. The quantitative estimate of drug-likeness (QED) is 0.473. The molecule has 0 aliphatic carbocycles. The van der Waals surface area contributed by atoms with Crippen LogP contribution in [0.2, 0.25) is 18.1 Å². The molecule has 1 aliphatic rings. The van der Waals surface area contributed by atoms with E-state index in [0.717, 1.165) is 6.42 Å². The van der Waals surface area contributed by atoms with Gasteiger partial charge in [-0.05, 0) is 31.5 Å². The summed E-state index contributed by atoms with van der Waals surface area (Å²) in [5, 5.41) is 3.10. The van der Waals surface area contributed by atoms with Crippen LogP contribution < -0.4 is 5.32 Å². The van der Waals surface area contributed by atoms with Crippen molar-refractivity contribution in [3.63, 3.8) is 0 Å². The lowest BCUT2D eigenvalue weighted by atomic mass is 9.84. The Morgan fingerprint density at radius 1 is 1.50 bits per heavy atom. The minimum atomic E-state index is -1.80. The van der Waals surface area contributed by atoms with Crippen LogP contribution in [0.4, 0.5) is 0 Å². The zero-order valence-electron chi connectivity index (χ0n) is 12.5. The van der Waals surface area contributed by atoms with E-state index in [2.05, 4.69) is 45.8 Å². The summed E-state index contributed by atoms with van der Waals surface area (Å²) in [5.41, 5.74) is 0. The maximum Gasteiger partial charge on any atom is 0.228 e. The molecule has 0 aromatic carbocycles. The first-order chi connectivity index (χ1) is 8.10. The van der Waals surface area contributed by atoms with Gasteiger partial charge in [-0.2, -0.15) is 0 Å². The highest BCUT2D eigenvalue weighted by Gasteiger charge is 2.46. The SMILES string of the molecule is C=CCC1NC(=O)C1C(C)O[Si](C)(C)C(C)(C)C. The average Bonchev–Trinajstić information content (AvgIpc) is 2.13. The molecule has 0 spiro atoms. The maximum absolute atomic E-state index is 11.7. The van der Waals surface area contributed by atoms with Gasteiger partial charge in [-0.1, -0.05) is 26.8 Å². The molecule has 1 rings (SSSR count). The maximum atomic E-state index is 11.7. The van der Waals surface area contributed by atoms with Crippen LogP contribution in [0.25, 0.3) is 0 Å². The molecule has 0 aromatic rings. The summed E-state index contributed by atoms with van der Waals surface area (Å²) < 4.78 is 6.30. The fourth-order valence-corrected chi connectivity index (χ4v) is 3.53. The Morgan fingerprint density at radius 3 is 2.44 bits per heavy atom. The van der Waals surface area contributed by atoms with Gasteiger partial charge in [-0.3, -0.25) is 4.79 Å². The summed E-state index contributed by atoms with van der Waals surface area (Å²) in [6.07, 6.45) is 2.67. The van der Waals surface area contributed by atoms with Crippen molar-refractivity contribution in [3.8, 4) is 0 Å². The van der Waals surface area contributed by atoms with E-state index in [1.807, 2.05) is 13.0 Å². The van der Waals surface area contributed by atoms with Crippen molar-refractivity contribution in [2.45, 2.75) is 64.4 Å². The fraction of sp³-hybridized carbons (Fsp3) is 0.786.